The van der Waals surface area contributed by atoms with Gasteiger partial charge >= 0.3 is 6.03 Å². The van der Waals surface area contributed by atoms with Gasteiger partial charge in [-0.3, -0.25) is 19.5 Å². The summed E-state index contributed by atoms with van der Waals surface area (Å²) in [4.78, 5) is 39.3. The van der Waals surface area contributed by atoms with Crippen molar-refractivity contribution in [3.05, 3.63) is 84.2 Å². The molecular weight excluding hydrogens is 644 g/mol. The summed E-state index contributed by atoms with van der Waals surface area (Å²) in [6, 6.07) is 20.2. The van der Waals surface area contributed by atoms with Crippen molar-refractivity contribution >= 4 is 49.8 Å². The lowest BCUT2D eigenvalue weighted by atomic mass is 9.86. The summed E-state index contributed by atoms with van der Waals surface area (Å²) in [5.41, 5.74) is 4.39. The third-order valence-electron chi connectivity index (χ3n) is 8.27. The van der Waals surface area contributed by atoms with Crippen LogP contribution in [0.1, 0.15) is 32.0 Å². The topological polar surface area (TPSA) is 133 Å². The molecule has 13 heteroatoms. The van der Waals surface area contributed by atoms with E-state index in [9.17, 15) is 18.0 Å². The highest BCUT2D eigenvalue weighted by molar-refractivity contribution is 7.93. The van der Waals surface area contributed by atoms with Crippen LogP contribution in [-0.4, -0.2) is 88.4 Å². The second-order valence-electron chi connectivity index (χ2n) is 13.2. The lowest BCUT2D eigenvalue weighted by molar-refractivity contribution is -0.126. The Morgan fingerprint density at radius 3 is 2.31 bits per heavy atom. The van der Waals surface area contributed by atoms with Crippen LogP contribution in [0.15, 0.2) is 72.9 Å². The Bertz CT molecular complexity index is 1920. The molecule has 260 valence electrons. The van der Waals surface area contributed by atoms with E-state index < -0.39 is 33.1 Å². The van der Waals surface area contributed by atoms with E-state index in [0.29, 0.717) is 15.8 Å². The normalized spacial score (nSPS) is 14.0. The molecule has 12 nitrogen and oxygen atoms in total. The van der Waals surface area contributed by atoms with Gasteiger partial charge in [-0.05, 0) is 52.3 Å². The number of morpholine rings is 1. The number of nitrogens with zero attached hydrogens (tertiary/aromatic N) is 4. The number of carbonyl (C=O) groups is 2. The van der Waals surface area contributed by atoms with Crippen molar-refractivity contribution in [2.24, 2.45) is 0 Å². The number of hydrogen-bond donors (Lipinski definition) is 2. The van der Waals surface area contributed by atoms with Gasteiger partial charge in [-0.25, -0.2) is 13.2 Å². The number of sulfonamides is 1. The SMILES string of the molecule is CON(c1cc(NC(=O)Nc2ccc(-c3ccc(CN4CCOCC4)nc3)c3ccccc23)cc(C(C)(C)C)c1)S(=O)(=O)CC(=O)N(C)C. The first-order valence-electron chi connectivity index (χ1n) is 16.0. The predicted octanol–water partition coefficient (Wildman–Crippen LogP) is 5.46. The molecule has 1 saturated heterocycles. The van der Waals surface area contributed by atoms with Crippen molar-refractivity contribution in [2.45, 2.75) is 32.7 Å². The van der Waals surface area contributed by atoms with E-state index >= 15 is 0 Å². The van der Waals surface area contributed by atoms with Gasteiger partial charge in [0, 0.05) is 56.6 Å². The van der Waals surface area contributed by atoms with Crippen molar-refractivity contribution in [2.75, 3.05) is 68.4 Å². The summed E-state index contributed by atoms with van der Waals surface area (Å²) >= 11 is 0. The smallest absolute Gasteiger partial charge is 0.323 e. The van der Waals surface area contributed by atoms with E-state index in [1.54, 1.807) is 12.1 Å². The molecular formula is C36H44N6O6S. The fourth-order valence-corrected chi connectivity index (χ4v) is 6.90. The summed E-state index contributed by atoms with van der Waals surface area (Å²) in [5.74, 6) is -1.38. The molecule has 3 aromatic carbocycles. The molecule has 49 heavy (non-hydrogen) atoms. The predicted molar refractivity (Wildman–Crippen MR) is 193 cm³/mol. The van der Waals surface area contributed by atoms with E-state index in [1.165, 1.54) is 32.2 Å². The molecule has 1 fully saturated rings. The fraction of sp³-hybridized carbons (Fsp3) is 0.361. The van der Waals surface area contributed by atoms with E-state index in [4.69, 9.17) is 14.6 Å². The number of amides is 3. The Morgan fingerprint density at radius 1 is 0.959 bits per heavy atom. The largest absolute Gasteiger partial charge is 0.379 e. The van der Waals surface area contributed by atoms with Crippen LogP contribution in [0.3, 0.4) is 0 Å². The van der Waals surface area contributed by atoms with Crippen molar-refractivity contribution in [3.8, 4) is 11.1 Å². The van der Waals surface area contributed by atoms with Crippen LogP contribution in [0.2, 0.25) is 0 Å². The van der Waals surface area contributed by atoms with Gasteiger partial charge in [0.25, 0.3) is 10.0 Å². The number of ether oxygens (including phenoxy) is 1. The number of fused-ring (bicyclic) bond motifs is 1. The number of hydrogen-bond acceptors (Lipinski definition) is 8. The molecule has 0 saturated carbocycles. The lowest BCUT2D eigenvalue weighted by Crippen LogP contribution is -2.38. The van der Waals surface area contributed by atoms with Crippen LogP contribution in [-0.2, 0) is 36.4 Å². The summed E-state index contributed by atoms with van der Waals surface area (Å²) in [5, 5.41) is 7.62. The Hall–Kier alpha value is -4.56. The Balaban J connectivity index is 1.38. The van der Waals surface area contributed by atoms with Crippen molar-refractivity contribution in [1.82, 2.24) is 14.8 Å². The molecule has 0 aliphatic carbocycles. The Kier molecular flexibility index (Phi) is 10.9. The average Bonchev–Trinajstić information content (AvgIpc) is 3.05. The molecule has 1 aliphatic heterocycles. The maximum atomic E-state index is 13.5. The number of anilines is 3. The third kappa shape index (κ3) is 8.73. The minimum Gasteiger partial charge on any atom is -0.379 e. The van der Waals surface area contributed by atoms with Crippen molar-refractivity contribution in [3.63, 3.8) is 0 Å². The van der Waals surface area contributed by atoms with Gasteiger partial charge in [0.1, 0.15) is 0 Å². The van der Waals surface area contributed by atoms with Gasteiger partial charge in [0.15, 0.2) is 5.75 Å². The molecule has 2 N–H and O–H groups in total. The number of carbonyl (C=O) groups excluding carboxylic acids is 2. The molecule has 1 aromatic heterocycles. The van der Waals surface area contributed by atoms with E-state index in [-0.39, 0.29) is 5.69 Å². The summed E-state index contributed by atoms with van der Waals surface area (Å²) in [7, 11) is -0.0301. The lowest BCUT2D eigenvalue weighted by Gasteiger charge is -2.26. The van der Waals surface area contributed by atoms with E-state index in [2.05, 4.69) is 27.7 Å². The van der Waals surface area contributed by atoms with Crippen molar-refractivity contribution < 1.29 is 27.6 Å². The molecule has 4 aromatic rings. The second-order valence-corrected chi connectivity index (χ2v) is 15.0. The van der Waals surface area contributed by atoms with Gasteiger partial charge in [-0.2, -0.15) is 0 Å². The highest BCUT2D eigenvalue weighted by Gasteiger charge is 2.29. The first kappa shape index (κ1) is 35.7. The summed E-state index contributed by atoms with van der Waals surface area (Å²) < 4.78 is 32.6. The molecule has 0 unspecified atom stereocenters. The monoisotopic (exact) mass is 688 g/mol. The molecule has 0 atom stereocenters. The van der Waals surface area contributed by atoms with Gasteiger partial charge in [0.05, 0.1) is 37.4 Å². The minimum atomic E-state index is -4.21. The van der Waals surface area contributed by atoms with Crippen LogP contribution in [0.25, 0.3) is 21.9 Å². The van der Waals surface area contributed by atoms with Crippen LogP contribution < -0.4 is 15.1 Å². The van der Waals surface area contributed by atoms with Crippen LogP contribution in [0.4, 0.5) is 21.9 Å². The van der Waals surface area contributed by atoms with Gasteiger partial charge in [0.2, 0.25) is 5.91 Å². The maximum Gasteiger partial charge on any atom is 0.323 e. The quantitative estimate of drug-likeness (QED) is 0.210. The zero-order valence-electron chi connectivity index (χ0n) is 28.8. The van der Waals surface area contributed by atoms with Gasteiger partial charge in [-0.15, -0.1) is 4.47 Å². The van der Waals surface area contributed by atoms with Gasteiger partial charge < -0.3 is 20.3 Å². The number of urea groups is 1. The van der Waals surface area contributed by atoms with Crippen LogP contribution >= 0.6 is 0 Å². The van der Waals surface area contributed by atoms with Crippen LogP contribution in [0.5, 0.6) is 0 Å². The Morgan fingerprint density at radius 2 is 1.67 bits per heavy atom. The molecule has 5 rings (SSSR count). The number of aromatic nitrogens is 1. The fourth-order valence-electron chi connectivity index (χ4n) is 5.56. The molecule has 0 radical (unpaired) electrons. The zero-order chi connectivity index (χ0) is 35.3. The molecule has 2 heterocycles. The number of benzene rings is 3. The highest BCUT2D eigenvalue weighted by Crippen LogP contribution is 2.35. The highest BCUT2D eigenvalue weighted by atomic mass is 32.2. The van der Waals surface area contributed by atoms with E-state index in [0.717, 1.165) is 66.0 Å². The number of rotatable bonds is 10. The second kappa shape index (κ2) is 14.9. The van der Waals surface area contributed by atoms with Crippen molar-refractivity contribution in [1.29, 1.82) is 0 Å². The number of pyridine rings is 1. The van der Waals surface area contributed by atoms with Crippen LogP contribution in [0, 0.1) is 0 Å². The minimum absolute atomic E-state index is 0.149. The zero-order valence-corrected chi connectivity index (χ0v) is 29.6. The molecule has 3 amide bonds. The Labute approximate surface area is 288 Å². The molecule has 0 bridgehead atoms. The standard InChI is InChI=1S/C36H44N6O6S/c1-36(2,3)26-19-28(21-29(20-26)42(47-6)49(45,46)24-34(43)40(4)5)38-35(44)39-33-14-13-30(31-9-7-8-10-32(31)33)25-11-12-27(37-22-25)23-41-15-17-48-18-16-41/h7-14,19-22H,15-18,23-24H2,1-6H3,(H2,38,39,44). The summed E-state index contributed by atoms with van der Waals surface area (Å²) in [6.07, 6.45) is 1.89. The maximum absolute atomic E-state index is 13.5. The molecule has 1 aliphatic rings. The first-order valence-corrected chi connectivity index (χ1v) is 17.6. The third-order valence-corrected chi connectivity index (χ3v) is 9.75. The number of nitrogens with one attached hydrogen (secondary N) is 2. The average molecular weight is 689 g/mol. The van der Waals surface area contributed by atoms with E-state index in [1.807, 2.05) is 63.4 Å². The first-order chi connectivity index (χ1) is 23.2. The summed E-state index contributed by atoms with van der Waals surface area (Å²) in [6.45, 7) is 9.96. The van der Waals surface area contributed by atoms with Gasteiger partial charge in [-0.1, -0.05) is 57.2 Å². The molecule has 0 spiro atoms.